The van der Waals surface area contributed by atoms with Gasteiger partial charge < -0.3 is 20.7 Å². The Hall–Kier alpha value is -3.35. The summed E-state index contributed by atoms with van der Waals surface area (Å²) >= 11 is 6.28. The molecule has 0 bridgehead atoms. The van der Waals surface area contributed by atoms with Crippen molar-refractivity contribution in [3.63, 3.8) is 0 Å². The molecule has 184 valence electrons. The maximum Gasteiger partial charge on any atom is 0.251 e. The number of hydrogen-bond donors (Lipinski definition) is 2. The van der Waals surface area contributed by atoms with Crippen LogP contribution in [0.15, 0.2) is 77.6 Å². The smallest absolute Gasteiger partial charge is 0.251 e. The van der Waals surface area contributed by atoms with Crippen molar-refractivity contribution in [1.29, 1.82) is 0 Å². The van der Waals surface area contributed by atoms with Gasteiger partial charge in [-0.05, 0) is 63.7 Å². The van der Waals surface area contributed by atoms with Gasteiger partial charge in [0.15, 0.2) is 0 Å². The van der Waals surface area contributed by atoms with Crippen LogP contribution in [0.1, 0.15) is 42.3 Å². The van der Waals surface area contributed by atoms with Gasteiger partial charge in [0.2, 0.25) is 0 Å². The van der Waals surface area contributed by atoms with Crippen LogP contribution in [-0.4, -0.2) is 42.8 Å². The van der Waals surface area contributed by atoms with Crippen LogP contribution in [-0.2, 0) is 6.42 Å². The Balaban J connectivity index is 1.64. The predicted octanol–water partition coefficient (Wildman–Crippen LogP) is 5.20. The van der Waals surface area contributed by atoms with E-state index in [0.29, 0.717) is 29.3 Å². The van der Waals surface area contributed by atoms with E-state index in [1.54, 1.807) is 18.2 Å². The fourth-order valence-corrected chi connectivity index (χ4v) is 3.94. The minimum Gasteiger partial charge on any atom is -0.489 e. The highest BCUT2D eigenvalue weighted by molar-refractivity contribution is 6.32. The fourth-order valence-electron chi connectivity index (χ4n) is 3.71. The lowest BCUT2D eigenvalue weighted by atomic mass is 10.0. The minimum absolute atomic E-state index is 0.00280. The van der Waals surface area contributed by atoms with Crippen molar-refractivity contribution in [3.05, 3.63) is 94.3 Å². The lowest BCUT2D eigenvalue weighted by Crippen LogP contribution is -2.41. The topological polar surface area (TPSA) is 80.0 Å². The van der Waals surface area contributed by atoms with Crippen LogP contribution < -0.4 is 15.8 Å². The van der Waals surface area contributed by atoms with E-state index in [9.17, 15) is 4.79 Å². The Bertz CT molecular complexity index is 1140. The van der Waals surface area contributed by atoms with Crippen molar-refractivity contribution < 1.29 is 9.53 Å². The molecule has 7 heteroatoms. The first-order valence-corrected chi connectivity index (χ1v) is 12.0. The quantitative estimate of drug-likeness (QED) is 0.446. The highest BCUT2D eigenvalue weighted by atomic mass is 35.5. The van der Waals surface area contributed by atoms with Gasteiger partial charge in [-0.1, -0.05) is 47.5 Å². The Morgan fingerprint density at radius 1 is 1.26 bits per heavy atom. The highest BCUT2D eigenvalue weighted by Gasteiger charge is 2.15. The lowest BCUT2D eigenvalue weighted by molar-refractivity contribution is 0.0938. The highest BCUT2D eigenvalue weighted by Crippen LogP contribution is 2.26. The molecule has 6 nitrogen and oxygen atoms in total. The van der Waals surface area contributed by atoms with E-state index in [-0.39, 0.29) is 18.1 Å². The number of nitrogens with zero attached hydrogens (tertiary/aromatic N) is 2. The zero-order chi connectivity index (χ0) is 25.4. The number of aliphatic imine (C=N–C) groups is 1. The summed E-state index contributed by atoms with van der Waals surface area (Å²) in [6.07, 6.45) is 8.71. The molecule has 1 atom stereocenters. The maximum absolute atomic E-state index is 12.8. The van der Waals surface area contributed by atoms with Gasteiger partial charge >= 0.3 is 0 Å². The van der Waals surface area contributed by atoms with Gasteiger partial charge in [0.25, 0.3) is 5.91 Å². The summed E-state index contributed by atoms with van der Waals surface area (Å²) < 4.78 is 5.64. The third kappa shape index (κ3) is 7.57. The number of nitrogens with one attached hydrogen (secondary N) is 1. The molecule has 0 fully saturated rings. The third-order valence-corrected chi connectivity index (χ3v) is 5.75. The molecule has 1 aliphatic rings. The SMILES string of the molecule is C=N/C(=C\N1C=CC=C(C)C1)c1ccc(C[C@@H](CN)NC(=O)c2ccc(OC(C)C)c(Cl)c2)cc1. The van der Waals surface area contributed by atoms with Crippen molar-refractivity contribution in [3.8, 4) is 5.75 Å². The number of benzene rings is 2. The largest absolute Gasteiger partial charge is 0.489 e. The lowest BCUT2D eigenvalue weighted by Gasteiger charge is -2.20. The van der Waals surface area contributed by atoms with Crippen molar-refractivity contribution in [1.82, 2.24) is 10.2 Å². The second kappa shape index (κ2) is 12.4. The molecule has 0 saturated heterocycles. The molecule has 2 aromatic rings. The molecule has 35 heavy (non-hydrogen) atoms. The van der Waals surface area contributed by atoms with Gasteiger partial charge in [0, 0.05) is 42.7 Å². The third-order valence-electron chi connectivity index (χ3n) is 5.46. The summed E-state index contributed by atoms with van der Waals surface area (Å²) in [6, 6.07) is 12.9. The van der Waals surface area contributed by atoms with Crippen LogP contribution in [0.25, 0.3) is 5.70 Å². The van der Waals surface area contributed by atoms with E-state index in [4.69, 9.17) is 22.1 Å². The average molecular weight is 493 g/mol. The number of nitrogens with two attached hydrogens (primary N) is 1. The Morgan fingerprint density at radius 2 is 1.97 bits per heavy atom. The summed E-state index contributed by atoms with van der Waals surface area (Å²) in [7, 11) is 0. The molecule has 2 aromatic carbocycles. The molecule has 3 N–H and O–H groups in total. The summed E-state index contributed by atoms with van der Waals surface area (Å²) in [5.74, 6) is 0.328. The number of halogens is 1. The second-order valence-corrected chi connectivity index (χ2v) is 9.23. The summed E-state index contributed by atoms with van der Waals surface area (Å²) in [5.41, 5.74) is 10.5. The Kier molecular flexibility index (Phi) is 9.29. The number of rotatable bonds is 10. The summed E-state index contributed by atoms with van der Waals surface area (Å²) in [4.78, 5) is 19.1. The van der Waals surface area contributed by atoms with E-state index < -0.39 is 0 Å². The Labute approximate surface area is 212 Å². The number of amides is 1. The van der Waals surface area contributed by atoms with Crippen LogP contribution in [0.5, 0.6) is 5.75 Å². The molecule has 0 aliphatic carbocycles. The van der Waals surface area contributed by atoms with Crippen LogP contribution in [0.3, 0.4) is 0 Å². The molecule has 0 saturated carbocycles. The molecule has 3 rings (SSSR count). The molecule has 0 spiro atoms. The first kappa shape index (κ1) is 26.3. The van der Waals surface area contributed by atoms with Crippen molar-refractivity contribution in [2.75, 3.05) is 13.1 Å². The first-order valence-electron chi connectivity index (χ1n) is 11.6. The van der Waals surface area contributed by atoms with E-state index in [1.807, 2.05) is 56.6 Å². The van der Waals surface area contributed by atoms with Gasteiger partial charge in [-0.25, -0.2) is 0 Å². The van der Waals surface area contributed by atoms with Crippen molar-refractivity contribution in [2.24, 2.45) is 10.7 Å². The molecular formula is C28H33ClN4O2. The monoisotopic (exact) mass is 492 g/mol. The number of allylic oxidation sites excluding steroid dienone is 2. The molecule has 0 radical (unpaired) electrons. The van der Waals surface area contributed by atoms with E-state index in [0.717, 1.165) is 23.4 Å². The van der Waals surface area contributed by atoms with Crippen molar-refractivity contribution in [2.45, 2.75) is 39.3 Å². The zero-order valence-electron chi connectivity index (χ0n) is 20.5. The number of ether oxygens (including phenoxy) is 1. The first-order chi connectivity index (χ1) is 16.8. The van der Waals surface area contributed by atoms with Crippen LogP contribution in [0.2, 0.25) is 5.02 Å². The van der Waals surface area contributed by atoms with E-state index in [2.05, 4.69) is 34.9 Å². The fraction of sp³-hybridized carbons (Fsp3) is 0.286. The molecule has 0 aromatic heterocycles. The summed E-state index contributed by atoms with van der Waals surface area (Å²) in [5, 5.41) is 3.40. The minimum atomic E-state index is -0.227. The van der Waals surface area contributed by atoms with E-state index >= 15 is 0 Å². The molecule has 1 heterocycles. The van der Waals surface area contributed by atoms with Gasteiger partial charge in [0.1, 0.15) is 5.75 Å². The maximum atomic E-state index is 12.8. The van der Waals surface area contributed by atoms with Crippen LogP contribution in [0, 0.1) is 0 Å². The molecule has 0 unspecified atom stereocenters. The number of carbonyl (C=O) groups excluding carboxylic acids is 1. The molecule has 1 aliphatic heterocycles. The normalized spacial score (nSPS) is 14.5. The average Bonchev–Trinajstić information content (AvgIpc) is 2.83. The zero-order valence-corrected chi connectivity index (χ0v) is 21.3. The molecule has 1 amide bonds. The second-order valence-electron chi connectivity index (χ2n) is 8.82. The van der Waals surface area contributed by atoms with Crippen LogP contribution >= 0.6 is 11.6 Å². The van der Waals surface area contributed by atoms with Gasteiger partial charge in [-0.2, -0.15) is 0 Å². The van der Waals surface area contributed by atoms with Gasteiger partial charge in [0.05, 0.1) is 16.8 Å². The van der Waals surface area contributed by atoms with Gasteiger partial charge in [-0.3, -0.25) is 9.79 Å². The Morgan fingerprint density at radius 3 is 2.57 bits per heavy atom. The molecular weight excluding hydrogens is 460 g/mol. The number of hydrogen-bond acceptors (Lipinski definition) is 5. The predicted molar refractivity (Wildman–Crippen MR) is 145 cm³/mol. The van der Waals surface area contributed by atoms with E-state index in [1.165, 1.54) is 5.57 Å². The standard InChI is InChI=1S/C28H33ClN4O2/c1-19(2)35-27-12-11-23(15-25(27)29)28(34)32-24(16-30)14-21-7-9-22(10-8-21)26(31-4)18-33-13-5-6-20(3)17-33/h5-13,15,18-19,24H,4,14,16-17,30H2,1-3H3,(H,32,34)/b26-18-/t24-/m0/s1. The van der Waals surface area contributed by atoms with Crippen LogP contribution in [0.4, 0.5) is 0 Å². The van der Waals surface area contributed by atoms with Crippen molar-refractivity contribution >= 4 is 29.9 Å². The number of carbonyl (C=O) groups is 1. The van der Waals surface area contributed by atoms with Gasteiger partial charge in [-0.15, -0.1) is 0 Å². The summed E-state index contributed by atoms with van der Waals surface area (Å²) in [6.45, 7) is 10.8.